The summed E-state index contributed by atoms with van der Waals surface area (Å²) in [6.45, 7) is 2.18. The van der Waals surface area contributed by atoms with Gasteiger partial charge < -0.3 is 5.32 Å². The van der Waals surface area contributed by atoms with Gasteiger partial charge in [0.2, 0.25) is 15.9 Å². The molecule has 0 bridgehead atoms. The van der Waals surface area contributed by atoms with E-state index in [2.05, 4.69) is 10.0 Å². The number of nitrogens with zero attached hydrogens (tertiary/aromatic N) is 1. The third-order valence-corrected chi connectivity index (χ3v) is 9.97. The summed E-state index contributed by atoms with van der Waals surface area (Å²) in [7, 11) is -7.40. The summed E-state index contributed by atoms with van der Waals surface area (Å²) in [5.74, 6) is 0.937. The van der Waals surface area contributed by atoms with Gasteiger partial charge in [-0.3, -0.25) is 4.79 Å². The molecule has 0 saturated carbocycles. The standard InChI is InChI=1S/C17H21N3O5S4/c1-13-15(11-17(27-13)29(24,25)20-7-9-26-10-8-20)19-16(21)12-18-28(22,23)14-5-3-2-4-6-14/h2-6,11,18H,7-10,12H2,1H3,(H,19,21). The zero-order chi connectivity index (χ0) is 21.1. The number of carbonyl (C=O) groups is 1. The molecule has 0 atom stereocenters. The molecule has 0 aliphatic carbocycles. The fourth-order valence-corrected chi connectivity index (χ4v) is 7.79. The molecule has 2 N–H and O–H groups in total. The largest absolute Gasteiger partial charge is 0.324 e. The van der Waals surface area contributed by atoms with Crippen molar-refractivity contribution >= 4 is 54.7 Å². The van der Waals surface area contributed by atoms with Crippen LogP contribution in [0.3, 0.4) is 0 Å². The maximum absolute atomic E-state index is 12.8. The Kier molecular flexibility index (Phi) is 7.02. The molecule has 8 nitrogen and oxygen atoms in total. The number of hydrogen-bond donors (Lipinski definition) is 2. The van der Waals surface area contributed by atoms with Crippen molar-refractivity contribution in [2.45, 2.75) is 16.0 Å². The minimum Gasteiger partial charge on any atom is -0.324 e. The van der Waals surface area contributed by atoms with E-state index in [9.17, 15) is 21.6 Å². The maximum Gasteiger partial charge on any atom is 0.252 e. The van der Waals surface area contributed by atoms with Crippen LogP contribution in [0.4, 0.5) is 5.69 Å². The van der Waals surface area contributed by atoms with Crippen LogP contribution in [0.2, 0.25) is 0 Å². The average molecular weight is 476 g/mol. The second-order valence-electron chi connectivity index (χ2n) is 6.24. The lowest BCUT2D eigenvalue weighted by Gasteiger charge is -2.24. The fourth-order valence-electron chi connectivity index (χ4n) is 2.66. The van der Waals surface area contributed by atoms with E-state index in [1.54, 1.807) is 36.9 Å². The first-order valence-electron chi connectivity index (χ1n) is 8.73. The van der Waals surface area contributed by atoms with Crippen molar-refractivity contribution in [1.82, 2.24) is 9.03 Å². The normalized spacial score (nSPS) is 15.9. The highest BCUT2D eigenvalue weighted by Gasteiger charge is 2.28. The van der Waals surface area contributed by atoms with Gasteiger partial charge in [-0.2, -0.15) is 16.1 Å². The Labute approximate surface area is 178 Å². The number of anilines is 1. The average Bonchev–Trinajstić information content (AvgIpc) is 3.09. The number of carbonyl (C=O) groups excluding carboxylic acids is 1. The second-order valence-corrected chi connectivity index (χ2v) is 12.7. The molecule has 0 radical (unpaired) electrons. The van der Waals surface area contributed by atoms with Crippen LogP contribution in [0.5, 0.6) is 0 Å². The van der Waals surface area contributed by atoms with Crippen LogP contribution < -0.4 is 10.0 Å². The van der Waals surface area contributed by atoms with Crippen molar-refractivity contribution in [1.29, 1.82) is 0 Å². The van der Waals surface area contributed by atoms with Gasteiger partial charge in [0.25, 0.3) is 10.0 Å². The van der Waals surface area contributed by atoms with E-state index in [1.807, 2.05) is 0 Å². The van der Waals surface area contributed by atoms with Crippen LogP contribution in [0.25, 0.3) is 0 Å². The smallest absolute Gasteiger partial charge is 0.252 e. The number of nitrogens with one attached hydrogen (secondary N) is 2. The van der Waals surface area contributed by atoms with Gasteiger partial charge in [0, 0.05) is 29.5 Å². The highest BCUT2D eigenvalue weighted by atomic mass is 32.2. The lowest BCUT2D eigenvalue weighted by molar-refractivity contribution is -0.115. The fraction of sp³-hybridized carbons (Fsp3) is 0.353. The first-order valence-corrected chi connectivity index (χ1v) is 13.6. The third kappa shape index (κ3) is 5.38. The topological polar surface area (TPSA) is 113 Å². The highest BCUT2D eigenvalue weighted by molar-refractivity contribution is 7.99. The zero-order valence-corrected chi connectivity index (χ0v) is 18.9. The van der Waals surface area contributed by atoms with E-state index in [0.29, 0.717) is 23.7 Å². The lowest BCUT2D eigenvalue weighted by atomic mass is 10.4. The summed E-state index contributed by atoms with van der Waals surface area (Å²) in [4.78, 5) is 12.9. The minimum atomic E-state index is -3.80. The first kappa shape index (κ1) is 22.2. The monoisotopic (exact) mass is 475 g/mol. The number of aryl methyl sites for hydroxylation is 1. The molecule has 1 amide bonds. The molecule has 2 aromatic rings. The van der Waals surface area contributed by atoms with Crippen molar-refractivity contribution in [3.8, 4) is 0 Å². The molecule has 3 rings (SSSR count). The van der Waals surface area contributed by atoms with Gasteiger partial charge in [0.15, 0.2) is 0 Å². The molecule has 0 unspecified atom stereocenters. The van der Waals surface area contributed by atoms with Crippen LogP contribution in [-0.4, -0.2) is 58.2 Å². The summed E-state index contributed by atoms with van der Waals surface area (Å²) in [5.41, 5.74) is 0.365. The molecule has 2 heterocycles. The minimum absolute atomic E-state index is 0.0626. The number of thioether (sulfide) groups is 1. The molecule has 1 fully saturated rings. The Morgan fingerprint density at radius 2 is 1.76 bits per heavy atom. The van der Waals surface area contributed by atoms with Gasteiger partial charge >= 0.3 is 0 Å². The van der Waals surface area contributed by atoms with E-state index in [-0.39, 0.29) is 9.10 Å². The Bertz CT molecular complexity index is 1080. The third-order valence-electron chi connectivity index (χ3n) is 4.21. The Morgan fingerprint density at radius 3 is 2.41 bits per heavy atom. The molecule has 1 saturated heterocycles. The quantitative estimate of drug-likeness (QED) is 0.630. The molecule has 1 aliphatic rings. The van der Waals surface area contributed by atoms with Crippen LogP contribution in [0.1, 0.15) is 4.88 Å². The Balaban J connectivity index is 1.65. The number of amides is 1. The predicted octanol–water partition coefficient (Wildman–Crippen LogP) is 1.71. The summed E-state index contributed by atoms with van der Waals surface area (Å²) in [6.07, 6.45) is 0. The van der Waals surface area contributed by atoms with Gasteiger partial charge in [-0.1, -0.05) is 18.2 Å². The number of benzene rings is 1. The van der Waals surface area contributed by atoms with Gasteiger partial charge in [-0.25, -0.2) is 21.6 Å². The summed E-state index contributed by atoms with van der Waals surface area (Å²) >= 11 is 2.80. The van der Waals surface area contributed by atoms with Gasteiger partial charge in [0.05, 0.1) is 17.1 Å². The zero-order valence-electron chi connectivity index (χ0n) is 15.6. The highest BCUT2D eigenvalue weighted by Crippen LogP contribution is 2.32. The van der Waals surface area contributed by atoms with Crippen LogP contribution in [0, 0.1) is 6.92 Å². The van der Waals surface area contributed by atoms with Crippen LogP contribution in [-0.2, 0) is 24.8 Å². The van der Waals surface area contributed by atoms with E-state index in [0.717, 1.165) is 22.8 Å². The molecule has 29 heavy (non-hydrogen) atoms. The number of thiophene rings is 1. The van der Waals surface area contributed by atoms with E-state index in [4.69, 9.17) is 0 Å². The SMILES string of the molecule is Cc1sc(S(=O)(=O)N2CCSCC2)cc1NC(=O)CNS(=O)(=O)c1ccccc1. The first-order chi connectivity index (χ1) is 13.7. The predicted molar refractivity (Wildman–Crippen MR) is 115 cm³/mol. The molecule has 1 aliphatic heterocycles. The van der Waals surface area contributed by atoms with Gasteiger partial charge in [-0.15, -0.1) is 11.3 Å². The molecule has 1 aromatic carbocycles. The molecule has 158 valence electrons. The van der Waals surface area contributed by atoms with Crippen molar-refractivity contribution in [2.24, 2.45) is 0 Å². The van der Waals surface area contributed by atoms with Gasteiger partial charge in [-0.05, 0) is 25.1 Å². The van der Waals surface area contributed by atoms with Crippen LogP contribution in [0.15, 0.2) is 45.5 Å². The molecular formula is C17H21N3O5S4. The number of hydrogen-bond acceptors (Lipinski definition) is 7. The van der Waals surface area contributed by atoms with Crippen molar-refractivity contribution in [2.75, 3.05) is 36.5 Å². The second kappa shape index (κ2) is 9.14. The van der Waals surface area contributed by atoms with E-state index < -0.39 is 32.5 Å². The molecule has 0 spiro atoms. The van der Waals surface area contributed by atoms with Crippen molar-refractivity contribution in [3.05, 3.63) is 41.3 Å². The number of sulfonamides is 2. The lowest BCUT2D eigenvalue weighted by Crippen LogP contribution is -2.37. The van der Waals surface area contributed by atoms with Crippen molar-refractivity contribution in [3.63, 3.8) is 0 Å². The number of rotatable bonds is 7. The summed E-state index contributed by atoms with van der Waals surface area (Å²) < 4.78 is 53.8. The van der Waals surface area contributed by atoms with Crippen LogP contribution >= 0.6 is 23.1 Å². The van der Waals surface area contributed by atoms with E-state index in [1.165, 1.54) is 22.5 Å². The molecule has 1 aromatic heterocycles. The van der Waals surface area contributed by atoms with Crippen molar-refractivity contribution < 1.29 is 21.6 Å². The molecular weight excluding hydrogens is 454 g/mol. The molecule has 12 heteroatoms. The van der Waals surface area contributed by atoms with Gasteiger partial charge in [0.1, 0.15) is 4.21 Å². The maximum atomic E-state index is 12.8. The van der Waals surface area contributed by atoms with E-state index >= 15 is 0 Å². The summed E-state index contributed by atoms with van der Waals surface area (Å²) in [5, 5.41) is 2.59. The Morgan fingerprint density at radius 1 is 1.10 bits per heavy atom. The Hall–Kier alpha value is -1.44. The summed E-state index contributed by atoms with van der Waals surface area (Å²) in [6, 6.07) is 9.16.